The first kappa shape index (κ1) is 9.54. The van der Waals surface area contributed by atoms with Gasteiger partial charge in [0.15, 0.2) is 5.76 Å². The van der Waals surface area contributed by atoms with Crippen molar-refractivity contribution in [2.45, 2.75) is 13.0 Å². The maximum atomic E-state index is 13.1. The molecule has 2 heterocycles. The fraction of sp³-hybridized carbons (Fsp3) is 0.250. The molecule has 1 N–H and O–H groups in total. The summed E-state index contributed by atoms with van der Waals surface area (Å²) in [5.74, 6) is 0.451. The van der Waals surface area contributed by atoms with Crippen LogP contribution in [0.1, 0.15) is 11.3 Å². The van der Waals surface area contributed by atoms with Crippen LogP contribution in [-0.2, 0) is 13.0 Å². The van der Waals surface area contributed by atoms with E-state index in [4.69, 9.17) is 4.52 Å². The summed E-state index contributed by atoms with van der Waals surface area (Å²) in [6.07, 6.45) is 0.880. The first-order valence-corrected chi connectivity index (χ1v) is 5.28. The number of hydrogen-bond acceptors (Lipinski definition) is 3. The van der Waals surface area contributed by atoms with Gasteiger partial charge in [-0.2, -0.15) is 0 Å². The van der Waals surface area contributed by atoms with Crippen LogP contribution in [0.15, 0.2) is 28.8 Å². The van der Waals surface area contributed by atoms with Gasteiger partial charge in [0.1, 0.15) is 11.5 Å². The lowest BCUT2D eigenvalue weighted by Gasteiger charge is -2.10. The van der Waals surface area contributed by atoms with Gasteiger partial charge in [-0.1, -0.05) is 17.3 Å². The molecule has 1 aromatic heterocycles. The van der Waals surface area contributed by atoms with Gasteiger partial charge in [-0.25, -0.2) is 4.39 Å². The predicted octanol–water partition coefficient (Wildman–Crippen LogP) is 2.13. The van der Waals surface area contributed by atoms with Crippen LogP contribution in [0.2, 0.25) is 0 Å². The van der Waals surface area contributed by atoms with Gasteiger partial charge >= 0.3 is 0 Å². The van der Waals surface area contributed by atoms with Crippen molar-refractivity contribution in [1.82, 2.24) is 10.5 Å². The second-order valence-corrected chi connectivity index (χ2v) is 3.87. The quantitative estimate of drug-likeness (QED) is 0.796. The van der Waals surface area contributed by atoms with Crippen LogP contribution in [0.4, 0.5) is 4.39 Å². The zero-order chi connectivity index (χ0) is 11.0. The molecule has 1 aliphatic rings. The number of rotatable bonds is 1. The molecular weight excluding hydrogens is 207 g/mol. The molecule has 82 valence electrons. The van der Waals surface area contributed by atoms with Gasteiger partial charge in [0.05, 0.1) is 0 Å². The van der Waals surface area contributed by atoms with Crippen molar-refractivity contribution in [1.29, 1.82) is 0 Å². The Morgan fingerprint density at radius 2 is 2.31 bits per heavy atom. The van der Waals surface area contributed by atoms with Crippen molar-refractivity contribution in [3.8, 4) is 11.3 Å². The molecule has 0 bridgehead atoms. The third-order valence-corrected chi connectivity index (χ3v) is 2.80. The molecule has 0 saturated carbocycles. The number of hydrogen-bond donors (Lipinski definition) is 1. The summed E-state index contributed by atoms with van der Waals surface area (Å²) in [5, 5.41) is 7.22. The molecule has 2 aromatic rings. The number of aromatic nitrogens is 1. The summed E-state index contributed by atoms with van der Waals surface area (Å²) in [5.41, 5.74) is 2.80. The standard InChI is InChI=1S/C12H11FN2O/c13-9-3-1-2-8(6-9)12-10-4-5-14-7-11(10)15-16-12/h1-3,6,14H,4-5,7H2. The lowest BCUT2D eigenvalue weighted by Crippen LogP contribution is -2.23. The summed E-state index contributed by atoms with van der Waals surface area (Å²) in [7, 11) is 0. The van der Waals surface area contributed by atoms with E-state index in [0.29, 0.717) is 5.76 Å². The van der Waals surface area contributed by atoms with Crippen molar-refractivity contribution in [3.05, 3.63) is 41.3 Å². The molecule has 0 spiro atoms. The minimum atomic E-state index is -0.253. The molecule has 0 atom stereocenters. The van der Waals surface area contributed by atoms with Crippen LogP contribution in [0.5, 0.6) is 0 Å². The highest BCUT2D eigenvalue weighted by Gasteiger charge is 2.20. The first-order chi connectivity index (χ1) is 7.84. The number of benzene rings is 1. The number of nitrogens with zero attached hydrogens (tertiary/aromatic N) is 1. The zero-order valence-electron chi connectivity index (χ0n) is 8.66. The van der Waals surface area contributed by atoms with Crippen LogP contribution in [-0.4, -0.2) is 11.7 Å². The maximum Gasteiger partial charge on any atom is 0.170 e. The van der Waals surface area contributed by atoms with Crippen molar-refractivity contribution in [2.24, 2.45) is 0 Å². The predicted molar refractivity (Wildman–Crippen MR) is 57.3 cm³/mol. The normalized spacial score (nSPS) is 14.8. The number of nitrogens with one attached hydrogen (secondary N) is 1. The molecule has 0 fully saturated rings. The number of fused-ring (bicyclic) bond motifs is 1. The average molecular weight is 218 g/mol. The molecule has 1 aromatic carbocycles. The first-order valence-electron chi connectivity index (χ1n) is 5.28. The van der Waals surface area contributed by atoms with Crippen molar-refractivity contribution < 1.29 is 8.91 Å². The Kier molecular flexibility index (Phi) is 2.22. The molecule has 4 heteroatoms. The Morgan fingerprint density at radius 1 is 1.38 bits per heavy atom. The van der Waals surface area contributed by atoms with E-state index in [0.717, 1.165) is 36.3 Å². The fourth-order valence-corrected chi connectivity index (χ4v) is 2.02. The van der Waals surface area contributed by atoms with E-state index >= 15 is 0 Å². The Hall–Kier alpha value is -1.68. The Morgan fingerprint density at radius 3 is 3.19 bits per heavy atom. The molecule has 16 heavy (non-hydrogen) atoms. The second-order valence-electron chi connectivity index (χ2n) is 3.87. The van der Waals surface area contributed by atoms with Gasteiger partial charge in [0.2, 0.25) is 0 Å². The van der Waals surface area contributed by atoms with Gasteiger partial charge in [-0.15, -0.1) is 0 Å². The largest absolute Gasteiger partial charge is 0.356 e. The lowest BCUT2D eigenvalue weighted by molar-refractivity contribution is 0.421. The van der Waals surface area contributed by atoms with E-state index < -0.39 is 0 Å². The van der Waals surface area contributed by atoms with Crippen LogP contribution >= 0.6 is 0 Å². The van der Waals surface area contributed by atoms with E-state index in [-0.39, 0.29) is 5.82 Å². The van der Waals surface area contributed by atoms with E-state index in [2.05, 4.69) is 10.5 Å². The Bertz CT molecular complexity index is 521. The zero-order valence-corrected chi connectivity index (χ0v) is 8.66. The molecule has 0 aliphatic carbocycles. The second kappa shape index (κ2) is 3.72. The van der Waals surface area contributed by atoms with Crippen molar-refractivity contribution >= 4 is 0 Å². The minimum absolute atomic E-state index is 0.253. The molecule has 3 nitrogen and oxygen atoms in total. The van der Waals surface area contributed by atoms with Gasteiger partial charge in [-0.3, -0.25) is 0 Å². The SMILES string of the molecule is Fc1cccc(-c2onc3c2CCNC3)c1. The van der Waals surface area contributed by atoms with E-state index in [1.807, 2.05) is 6.07 Å². The van der Waals surface area contributed by atoms with Crippen LogP contribution < -0.4 is 5.32 Å². The van der Waals surface area contributed by atoms with Crippen LogP contribution in [0, 0.1) is 5.82 Å². The smallest absolute Gasteiger partial charge is 0.170 e. The molecule has 1 aliphatic heterocycles. The van der Waals surface area contributed by atoms with E-state index in [1.54, 1.807) is 6.07 Å². The lowest BCUT2D eigenvalue weighted by atomic mass is 10.0. The molecular formula is C12H11FN2O. The van der Waals surface area contributed by atoms with Gasteiger partial charge < -0.3 is 9.84 Å². The summed E-state index contributed by atoms with van der Waals surface area (Å²) >= 11 is 0. The van der Waals surface area contributed by atoms with Gasteiger partial charge in [0.25, 0.3) is 0 Å². The number of halogens is 1. The summed E-state index contributed by atoms with van der Waals surface area (Å²) in [6, 6.07) is 6.42. The van der Waals surface area contributed by atoms with E-state index in [1.165, 1.54) is 12.1 Å². The molecule has 0 unspecified atom stereocenters. The van der Waals surface area contributed by atoms with Crippen molar-refractivity contribution in [3.63, 3.8) is 0 Å². The van der Waals surface area contributed by atoms with E-state index in [9.17, 15) is 4.39 Å². The van der Waals surface area contributed by atoms with Crippen LogP contribution in [0.3, 0.4) is 0 Å². The topological polar surface area (TPSA) is 38.1 Å². The average Bonchev–Trinajstić information content (AvgIpc) is 2.72. The Balaban J connectivity index is 2.09. The highest BCUT2D eigenvalue weighted by molar-refractivity contribution is 5.62. The molecule has 0 amide bonds. The van der Waals surface area contributed by atoms with Gasteiger partial charge in [-0.05, 0) is 25.1 Å². The molecule has 3 rings (SSSR count). The highest BCUT2D eigenvalue weighted by atomic mass is 19.1. The summed E-state index contributed by atoms with van der Waals surface area (Å²) in [4.78, 5) is 0. The Labute approximate surface area is 92.3 Å². The monoisotopic (exact) mass is 218 g/mol. The summed E-state index contributed by atoms with van der Waals surface area (Å²) < 4.78 is 18.4. The molecule has 0 saturated heterocycles. The molecule has 0 radical (unpaired) electrons. The third kappa shape index (κ3) is 1.51. The third-order valence-electron chi connectivity index (χ3n) is 2.80. The highest BCUT2D eigenvalue weighted by Crippen LogP contribution is 2.28. The van der Waals surface area contributed by atoms with Crippen molar-refractivity contribution in [2.75, 3.05) is 6.54 Å². The van der Waals surface area contributed by atoms with Crippen LogP contribution in [0.25, 0.3) is 11.3 Å². The fourth-order valence-electron chi connectivity index (χ4n) is 2.02. The minimum Gasteiger partial charge on any atom is -0.356 e. The summed E-state index contributed by atoms with van der Waals surface area (Å²) in [6.45, 7) is 1.64. The maximum absolute atomic E-state index is 13.1. The van der Waals surface area contributed by atoms with Gasteiger partial charge in [0, 0.05) is 17.7 Å².